The van der Waals surface area contributed by atoms with Gasteiger partial charge in [-0.2, -0.15) is 0 Å². The summed E-state index contributed by atoms with van der Waals surface area (Å²) in [6.45, 7) is 7.30. The highest BCUT2D eigenvalue weighted by Crippen LogP contribution is 2.36. The second-order valence-electron chi connectivity index (χ2n) is 8.64. The molecule has 10 nitrogen and oxygen atoms in total. The topological polar surface area (TPSA) is 105 Å². The molecule has 4 rings (SSSR count). The van der Waals surface area contributed by atoms with E-state index in [9.17, 15) is 9.59 Å². The number of piperazine rings is 1. The van der Waals surface area contributed by atoms with Crippen LogP contribution in [-0.4, -0.2) is 73.9 Å². The van der Waals surface area contributed by atoms with Gasteiger partial charge in [0.25, 0.3) is 0 Å². The Balaban J connectivity index is 1.35. The molecule has 1 aromatic carbocycles. The smallest absolute Gasteiger partial charge is 0.410 e. The highest BCUT2D eigenvalue weighted by Gasteiger charge is 2.29. The molecule has 2 aromatic rings. The van der Waals surface area contributed by atoms with E-state index in [1.54, 1.807) is 9.80 Å². The number of tetrazole rings is 1. The Morgan fingerprint density at radius 1 is 1.10 bits per heavy atom. The maximum atomic E-state index is 12.7. The van der Waals surface area contributed by atoms with E-state index in [0.717, 1.165) is 18.4 Å². The molecule has 2 aliphatic rings. The van der Waals surface area contributed by atoms with Crippen molar-refractivity contribution < 1.29 is 14.3 Å². The van der Waals surface area contributed by atoms with Crippen LogP contribution in [0.25, 0.3) is 11.4 Å². The number of hydrogen-bond acceptors (Lipinski definition) is 6. The average molecular weight is 413 g/mol. The molecule has 3 amide bonds. The molecule has 0 unspecified atom stereocenters. The minimum Gasteiger partial charge on any atom is -0.444 e. The molecular weight excluding hydrogens is 386 g/mol. The molecule has 2 heterocycles. The zero-order chi connectivity index (χ0) is 21.3. The Hall–Kier alpha value is -3.17. The molecule has 0 spiro atoms. The van der Waals surface area contributed by atoms with Gasteiger partial charge in [-0.1, -0.05) is 12.1 Å². The summed E-state index contributed by atoms with van der Waals surface area (Å²) >= 11 is 0. The first-order chi connectivity index (χ1) is 14.3. The van der Waals surface area contributed by atoms with Crippen LogP contribution in [0.1, 0.15) is 39.7 Å². The fourth-order valence-electron chi connectivity index (χ4n) is 3.31. The van der Waals surface area contributed by atoms with E-state index in [0.29, 0.717) is 43.7 Å². The largest absolute Gasteiger partial charge is 0.444 e. The van der Waals surface area contributed by atoms with Crippen molar-refractivity contribution >= 4 is 17.8 Å². The maximum Gasteiger partial charge on any atom is 0.410 e. The Labute approximate surface area is 175 Å². The molecule has 160 valence electrons. The van der Waals surface area contributed by atoms with Crippen LogP contribution in [-0.2, 0) is 4.74 Å². The number of urea groups is 1. The fourth-order valence-corrected chi connectivity index (χ4v) is 3.31. The first-order valence-electron chi connectivity index (χ1n) is 10.2. The number of ether oxygens (including phenoxy) is 1. The summed E-state index contributed by atoms with van der Waals surface area (Å²) in [4.78, 5) is 28.2. The van der Waals surface area contributed by atoms with Crippen LogP contribution >= 0.6 is 0 Å². The van der Waals surface area contributed by atoms with Crippen molar-refractivity contribution in [3.63, 3.8) is 0 Å². The van der Waals surface area contributed by atoms with E-state index in [1.165, 1.54) is 0 Å². The van der Waals surface area contributed by atoms with Crippen LogP contribution in [0.5, 0.6) is 0 Å². The summed E-state index contributed by atoms with van der Waals surface area (Å²) in [6.07, 6.45) is 1.83. The van der Waals surface area contributed by atoms with Crippen molar-refractivity contribution in [2.24, 2.45) is 0 Å². The Morgan fingerprint density at radius 2 is 1.80 bits per heavy atom. The van der Waals surface area contributed by atoms with Gasteiger partial charge < -0.3 is 19.9 Å². The van der Waals surface area contributed by atoms with Crippen molar-refractivity contribution in [1.82, 2.24) is 30.0 Å². The number of rotatable bonds is 3. The molecule has 0 atom stereocenters. The van der Waals surface area contributed by atoms with Gasteiger partial charge in [-0.25, -0.2) is 14.3 Å². The molecule has 2 fully saturated rings. The number of nitrogens with one attached hydrogen (secondary N) is 1. The van der Waals surface area contributed by atoms with Gasteiger partial charge in [0.05, 0.1) is 6.04 Å². The van der Waals surface area contributed by atoms with Crippen LogP contribution in [0.4, 0.5) is 15.3 Å². The van der Waals surface area contributed by atoms with Crippen LogP contribution in [0.3, 0.4) is 0 Å². The number of benzene rings is 1. The van der Waals surface area contributed by atoms with Crippen molar-refractivity contribution in [1.29, 1.82) is 0 Å². The third-order valence-corrected chi connectivity index (χ3v) is 4.98. The van der Waals surface area contributed by atoms with Crippen LogP contribution in [0.15, 0.2) is 24.3 Å². The van der Waals surface area contributed by atoms with Crippen LogP contribution < -0.4 is 5.32 Å². The van der Waals surface area contributed by atoms with Gasteiger partial charge in [0.15, 0.2) is 5.82 Å². The summed E-state index contributed by atoms with van der Waals surface area (Å²) in [5.74, 6) is 0.708. The molecule has 0 bridgehead atoms. The lowest BCUT2D eigenvalue weighted by molar-refractivity contribution is 0.0174. The maximum absolute atomic E-state index is 12.7. The number of nitrogens with zero attached hydrogens (tertiary/aromatic N) is 6. The zero-order valence-corrected chi connectivity index (χ0v) is 17.5. The van der Waals surface area contributed by atoms with E-state index in [2.05, 4.69) is 20.8 Å². The second-order valence-corrected chi connectivity index (χ2v) is 8.64. The molecule has 10 heteroatoms. The monoisotopic (exact) mass is 413 g/mol. The number of amides is 3. The van der Waals surface area contributed by atoms with Crippen molar-refractivity contribution in [3.05, 3.63) is 24.3 Å². The minimum absolute atomic E-state index is 0.197. The number of anilines is 1. The quantitative estimate of drug-likeness (QED) is 0.829. The van der Waals surface area contributed by atoms with Gasteiger partial charge in [0.2, 0.25) is 0 Å². The zero-order valence-electron chi connectivity index (χ0n) is 17.5. The lowest BCUT2D eigenvalue weighted by Gasteiger charge is -2.35. The van der Waals surface area contributed by atoms with E-state index >= 15 is 0 Å². The fraction of sp³-hybridized carbons (Fsp3) is 0.550. The van der Waals surface area contributed by atoms with Crippen LogP contribution in [0.2, 0.25) is 0 Å². The molecule has 1 aromatic heterocycles. The molecule has 1 aliphatic heterocycles. The normalized spacial score (nSPS) is 17.0. The SMILES string of the molecule is CC(C)(C)OC(=O)N1CCN(C(=O)Nc2cccc(-c3nnnn3C3CC3)c2)CC1. The molecule has 1 saturated heterocycles. The Bertz CT molecular complexity index is 924. The third-order valence-electron chi connectivity index (χ3n) is 4.98. The first kappa shape index (κ1) is 20.1. The van der Waals surface area contributed by atoms with Gasteiger partial charge in [-0.15, -0.1) is 5.10 Å². The Kier molecular flexibility index (Phi) is 5.31. The van der Waals surface area contributed by atoms with Gasteiger partial charge in [0.1, 0.15) is 5.60 Å². The van der Waals surface area contributed by atoms with Gasteiger partial charge in [-0.3, -0.25) is 0 Å². The van der Waals surface area contributed by atoms with E-state index < -0.39 is 5.60 Å². The van der Waals surface area contributed by atoms with Gasteiger partial charge in [0, 0.05) is 37.4 Å². The van der Waals surface area contributed by atoms with E-state index in [1.807, 2.05) is 49.7 Å². The first-order valence-corrected chi connectivity index (χ1v) is 10.2. The Morgan fingerprint density at radius 3 is 2.47 bits per heavy atom. The predicted octanol–water partition coefficient (Wildman–Crippen LogP) is 2.76. The molecule has 1 N–H and O–H groups in total. The average Bonchev–Trinajstić information content (AvgIpc) is 3.43. The number of aromatic nitrogens is 4. The predicted molar refractivity (Wildman–Crippen MR) is 110 cm³/mol. The highest BCUT2D eigenvalue weighted by atomic mass is 16.6. The summed E-state index contributed by atoms with van der Waals surface area (Å²) in [6, 6.07) is 7.69. The van der Waals surface area contributed by atoms with Gasteiger partial charge >= 0.3 is 12.1 Å². The van der Waals surface area contributed by atoms with Crippen molar-refractivity contribution in [3.8, 4) is 11.4 Å². The summed E-state index contributed by atoms with van der Waals surface area (Å²) in [7, 11) is 0. The molecular formula is C20H27N7O3. The highest BCUT2D eigenvalue weighted by molar-refractivity contribution is 5.90. The summed E-state index contributed by atoms with van der Waals surface area (Å²) in [5, 5.41) is 14.9. The minimum atomic E-state index is -0.532. The lowest BCUT2D eigenvalue weighted by Crippen LogP contribution is -2.52. The molecule has 0 radical (unpaired) electrons. The van der Waals surface area contributed by atoms with Crippen molar-refractivity contribution in [2.45, 2.75) is 45.3 Å². The summed E-state index contributed by atoms with van der Waals surface area (Å²) < 4.78 is 7.24. The number of hydrogen-bond donors (Lipinski definition) is 1. The van der Waals surface area contributed by atoms with E-state index in [4.69, 9.17) is 4.74 Å². The number of carbonyl (C=O) groups is 2. The molecule has 1 aliphatic carbocycles. The second kappa shape index (κ2) is 7.92. The third kappa shape index (κ3) is 4.69. The number of carbonyl (C=O) groups excluding carboxylic acids is 2. The lowest BCUT2D eigenvalue weighted by atomic mass is 10.2. The molecule has 1 saturated carbocycles. The summed E-state index contributed by atoms with van der Waals surface area (Å²) in [5.41, 5.74) is 1.01. The van der Waals surface area contributed by atoms with Crippen LogP contribution in [0, 0.1) is 0 Å². The van der Waals surface area contributed by atoms with E-state index in [-0.39, 0.29) is 12.1 Å². The van der Waals surface area contributed by atoms with Crippen molar-refractivity contribution in [2.75, 3.05) is 31.5 Å². The molecule has 30 heavy (non-hydrogen) atoms. The van der Waals surface area contributed by atoms with Gasteiger partial charge in [-0.05, 0) is 56.2 Å². The standard InChI is InChI=1S/C20H27N7O3/c1-20(2,3)30-19(29)26-11-9-25(10-12-26)18(28)21-15-6-4-5-14(13-15)17-22-23-24-27(17)16-7-8-16/h4-6,13,16H,7-12H2,1-3H3,(H,21,28).